The van der Waals surface area contributed by atoms with Crippen molar-refractivity contribution in [3.63, 3.8) is 0 Å². The van der Waals surface area contributed by atoms with Crippen molar-refractivity contribution in [2.75, 3.05) is 26.7 Å². The highest BCUT2D eigenvalue weighted by Crippen LogP contribution is 1.89. The Kier molecular flexibility index (Phi) is 6.70. The molecule has 4 heteroatoms. The molecule has 72 valence electrons. The lowest BCUT2D eigenvalue weighted by atomic mass is 10.4. The van der Waals surface area contributed by atoms with Crippen LogP contribution in [0.25, 0.3) is 0 Å². The van der Waals surface area contributed by atoms with Crippen molar-refractivity contribution in [3.8, 4) is 0 Å². The van der Waals surface area contributed by atoms with Gasteiger partial charge < -0.3 is 0 Å². The maximum atomic E-state index is 11.1. The number of nitrogens with zero attached hydrogens (tertiary/aromatic N) is 1. The van der Waals surface area contributed by atoms with Gasteiger partial charge in [-0.25, -0.2) is 5.43 Å². The lowest BCUT2D eigenvalue weighted by Gasteiger charge is -2.18. The van der Waals surface area contributed by atoms with Gasteiger partial charge in [-0.1, -0.05) is 13.8 Å². The SMILES string of the molecule is CCCN(CC)CC(=O)NNC. The standard InChI is InChI=1S/C8H19N3O/c1-4-6-11(5-2)7-8(12)10-9-3/h9H,4-7H2,1-3H3,(H,10,12). The minimum atomic E-state index is 0.0211. The van der Waals surface area contributed by atoms with E-state index in [2.05, 4.69) is 29.6 Å². The number of hydrazine groups is 1. The smallest absolute Gasteiger partial charge is 0.248 e. The molecule has 0 bridgehead atoms. The fraction of sp³-hybridized carbons (Fsp3) is 0.875. The first-order valence-electron chi connectivity index (χ1n) is 4.42. The molecule has 0 spiro atoms. The third-order valence-electron chi connectivity index (χ3n) is 1.62. The van der Waals surface area contributed by atoms with Crippen LogP contribution >= 0.6 is 0 Å². The Labute approximate surface area is 74.3 Å². The van der Waals surface area contributed by atoms with Crippen molar-refractivity contribution in [3.05, 3.63) is 0 Å². The fourth-order valence-electron chi connectivity index (χ4n) is 1.05. The zero-order valence-electron chi connectivity index (χ0n) is 8.18. The third-order valence-corrected chi connectivity index (χ3v) is 1.62. The first-order chi connectivity index (χ1) is 5.74. The van der Waals surface area contributed by atoms with Crippen LogP contribution in [-0.2, 0) is 4.79 Å². The Hall–Kier alpha value is -0.610. The van der Waals surface area contributed by atoms with Crippen LogP contribution in [0, 0.1) is 0 Å². The Morgan fingerprint density at radius 3 is 2.50 bits per heavy atom. The van der Waals surface area contributed by atoms with Crippen LogP contribution < -0.4 is 10.9 Å². The number of nitrogens with one attached hydrogen (secondary N) is 2. The van der Waals surface area contributed by atoms with Gasteiger partial charge in [-0.05, 0) is 19.5 Å². The first kappa shape index (κ1) is 11.4. The van der Waals surface area contributed by atoms with E-state index in [0.717, 1.165) is 19.5 Å². The van der Waals surface area contributed by atoms with E-state index in [0.29, 0.717) is 6.54 Å². The summed E-state index contributed by atoms with van der Waals surface area (Å²) in [6.45, 7) is 6.55. The van der Waals surface area contributed by atoms with Gasteiger partial charge in [-0.2, -0.15) is 0 Å². The summed E-state index contributed by atoms with van der Waals surface area (Å²) < 4.78 is 0. The minimum absolute atomic E-state index is 0.0211. The van der Waals surface area contributed by atoms with Crippen molar-refractivity contribution in [1.82, 2.24) is 15.8 Å². The summed E-state index contributed by atoms with van der Waals surface area (Å²) in [6, 6.07) is 0. The van der Waals surface area contributed by atoms with E-state index in [1.54, 1.807) is 7.05 Å². The van der Waals surface area contributed by atoms with Crippen LogP contribution in [0.4, 0.5) is 0 Å². The summed E-state index contributed by atoms with van der Waals surface area (Å²) in [5, 5.41) is 0. The number of amides is 1. The highest BCUT2D eigenvalue weighted by atomic mass is 16.2. The molecule has 12 heavy (non-hydrogen) atoms. The highest BCUT2D eigenvalue weighted by molar-refractivity contribution is 5.77. The van der Waals surface area contributed by atoms with E-state index in [-0.39, 0.29) is 5.91 Å². The number of carbonyl (C=O) groups excluding carboxylic acids is 1. The van der Waals surface area contributed by atoms with Gasteiger partial charge in [0.05, 0.1) is 6.54 Å². The molecule has 0 aromatic rings. The van der Waals surface area contributed by atoms with Crippen LogP contribution in [0.5, 0.6) is 0 Å². The lowest BCUT2D eigenvalue weighted by molar-refractivity contribution is -0.123. The Balaban J connectivity index is 3.61. The normalized spacial score (nSPS) is 10.3. The quantitative estimate of drug-likeness (QED) is 0.554. The Morgan fingerprint density at radius 2 is 2.08 bits per heavy atom. The van der Waals surface area contributed by atoms with E-state index in [9.17, 15) is 4.79 Å². The van der Waals surface area contributed by atoms with E-state index >= 15 is 0 Å². The maximum Gasteiger partial charge on any atom is 0.248 e. The lowest BCUT2D eigenvalue weighted by Crippen LogP contribution is -2.42. The molecule has 0 radical (unpaired) electrons. The molecule has 0 rings (SSSR count). The van der Waals surface area contributed by atoms with Gasteiger partial charge >= 0.3 is 0 Å². The summed E-state index contributed by atoms with van der Waals surface area (Å²) >= 11 is 0. The second kappa shape index (κ2) is 7.06. The summed E-state index contributed by atoms with van der Waals surface area (Å²) in [5.41, 5.74) is 5.15. The predicted molar refractivity (Wildman–Crippen MR) is 49.6 cm³/mol. The molecule has 0 saturated heterocycles. The molecule has 2 N–H and O–H groups in total. The molecular formula is C8H19N3O. The molecule has 0 atom stereocenters. The molecule has 0 fully saturated rings. The number of hydrogen-bond donors (Lipinski definition) is 2. The highest BCUT2D eigenvalue weighted by Gasteiger charge is 2.05. The zero-order chi connectivity index (χ0) is 9.40. The van der Waals surface area contributed by atoms with Gasteiger partial charge in [0.1, 0.15) is 0 Å². The second-order valence-electron chi connectivity index (χ2n) is 2.67. The van der Waals surface area contributed by atoms with Crippen molar-refractivity contribution in [2.45, 2.75) is 20.3 Å². The van der Waals surface area contributed by atoms with E-state index < -0.39 is 0 Å². The topological polar surface area (TPSA) is 44.4 Å². The number of rotatable bonds is 6. The number of likely N-dealkylation sites (N-methyl/N-ethyl adjacent to an activating group) is 1. The average Bonchev–Trinajstić information content (AvgIpc) is 2.04. The largest absolute Gasteiger partial charge is 0.295 e. The molecule has 0 aliphatic heterocycles. The molecule has 0 aliphatic carbocycles. The molecular weight excluding hydrogens is 154 g/mol. The molecule has 0 aromatic heterocycles. The van der Waals surface area contributed by atoms with Gasteiger partial charge in [0.2, 0.25) is 5.91 Å². The molecule has 0 saturated carbocycles. The Morgan fingerprint density at radius 1 is 1.42 bits per heavy atom. The zero-order valence-corrected chi connectivity index (χ0v) is 8.18. The summed E-state index contributed by atoms with van der Waals surface area (Å²) in [5.74, 6) is 0.0211. The van der Waals surface area contributed by atoms with Crippen LogP contribution in [0.1, 0.15) is 20.3 Å². The van der Waals surface area contributed by atoms with Gasteiger partial charge in [0.25, 0.3) is 0 Å². The molecule has 0 aromatic carbocycles. The summed E-state index contributed by atoms with van der Waals surface area (Å²) in [7, 11) is 1.69. The van der Waals surface area contributed by atoms with Crippen molar-refractivity contribution in [1.29, 1.82) is 0 Å². The molecule has 1 amide bonds. The molecule has 0 heterocycles. The fourth-order valence-corrected chi connectivity index (χ4v) is 1.05. The van der Waals surface area contributed by atoms with Crippen molar-refractivity contribution < 1.29 is 4.79 Å². The van der Waals surface area contributed by atoms with Gasteiger partial charge in [-0.3, -0.25) is 15.1 Å². The van der Waals surface area contributed by atoms with Crippen LogP contribution in [-0.4, -0.2) is 37.5 Å². The van der Waals surface area contributed by atoms with Crippen LogP contribution in [0.2, 0.25) is 0 Å². The van der Waals surface area contributed by atoms with E-state index in [4.69, 9.17) is 0 Å². The predicted octanol–water partition coefficient (Wildman–Crippen LogP) is -0.0311. The van der Waals surface area contributed by atoms with Crippen LogP contribution in [0.3, 0.4) is 0 Å². The van der Waals surface area contributed by atoms with Crippen molar-refractivity contribution in [2.24, 2.45) is 0 Å². The summed E-state index contributed by atoms with van der Waals surface area (Å²) in [6.07, 6.45) is 1.08. The summed E-state index contributed by atoms with van der Waals surface area (Å²) in [4.78, 5) is 13.2. The third kappa shape index (κ3) is 5.09. The van der Waals surface area contributed by atoms with Gasteiger partial charge in [0, 0.05) is 7.05 Å². The van der Waals surface area contributed by atoms with Crippen LogP contribution in [0.15, 0.2) is 0 Å². The second-order valence-corrected chi connectivity index (χ2v) is 2.67. The average molecular weight is 173 g/mol. The maximum absolute atomic E-state index is 11.1. The van der Waals surface area contributed by atoms with E-state index in [1.165, 1.54) is 0 Å². The monoisotopic (exact) mass is 173 g/mol. The minimum Gasteiger partial charge on any atom is -0.295 e. The first-order valence-corrected chi connectivity index (χ1v) is 4.42. The van der Waals surface area contributed by atoms with E-state index in [1.807, 2.05) is 0 Å². The molecule has 4 nitrogen and oxygen atoms in total. The number of hydrogen-bond acceptors (Lipinski definition) is 3. The Bertz CT molecular complexity index is 127. The number of carbonyl (C=O) groups is 1. The van der Waals surface area contributed by atoms with Gasteiger partial charge in [0.15, 0.2) is 0 Å². The molecule has 0 unspecified atom stereocenters. The molecule has 0 aliphatic rings. The van der Waals surface area contributed by atoms with Crippen molar-refractivity contribution >= 4 is 5.91 Å². The van der Waals surface area contributed by atoms with Gasteiger partial charge in [-0.15, -0.1) is 0 Å².